The number of nitrogens with one attached hydrogen (secondary N) is 1. The van der Waals surface area contributed by atoms with Crippen molar-refractivity contribution in [3.63, 3.8) is 0 Å². The molecular weight excluding hydrogens is 343 g/mol. The van der Waals surface area contributed by atoms with Crippen LogP contribution in [0.15, 0.2) is 30.6 Å². The quantitative estimate of drug-likeness (QED) is 0.910. The van der Waals surface area contributed by atoms with Gasteiger partial charge in [0.05, 0.1) is 6.04 Å². The highest BCUT2D eigenvalue weighted by molar-refractivity contribution is 6.35. The minimum Gasteiger partial charge on any atom is -0.337 e. The van der Waals surface area contributed by atoms with Crippen molar-refractivity contribution in [2.24, 2.45) is 7.05 Å². The van der Waals surface area contributed by atoms with Crippen LogP contribution in [0, 0.1) is 0 Å². The van der Waals surface area contributed by atoms with Gasteiger partial charge in [-0.3, -0.25) is 4.90 Å². The highest BCUT2D eigenvalue weighted by atomic mass is 35.5. The lowest BCUT2D eigenvalue weighted by Gasteiger charge is -2.35. The van der Waals surface area contributed by atoms with E-state index in [0.717, 1.165) is 42.6 Å². The summed E-state index contributed by atoms with van der Waals surface area (Å²) in [7, 11) is 2.03. The summed E-state index contributed by atoms with van der Waals surface area (Å²) in [6, 6.07) is 5.95. The Bertz CT molecular complexity index is 629. The maximum atomic E-state index is 6.31. The van der Waals surface area contributed by atoms with E-state index in [9.17, 15) is 0 Å². The van der Waals surface area contributed by atoms with E-state index in [2.05, 4.69) is 19.8 Å². The molecule has 4 nitrogen and oxygen atoms in total. The zero-order valence-corrected chi connectivity index (χ0v) is 14.6. The first-order valence-electron chi connectivity index (χ1n) is 7.01. The predicted octanol–water partition coefficient (Wildman–Crippen LogP) is 3.30. The van der Waals surface area contributed by atoms with Gasteiger partial charge in [0.2, 0.25) is 0 Å². The molecule has 1 N–H and O–H groups in total. The molecule has 1 atom stereocenters. The van der Waals surface area contributed by atoms with Crippen LogP contribution in [-0.2, 0) is 13.6 Å². The predicted molar refractivity (Wildman–Crippen MR) is 92.9 cm³/mol. The number of hydrogen-bond donors (Lipinski definition) is 1. The molecular formula is C15H19Cl3N4. The van der Waals surface area contributed by atoms with Gasteiger partial charge in [-0.1, -0.05) is 29.3 Å². The Morgan fingerprint density at radius 2 is 2.18 bits per heavy atom. The van der Waals surface area contributed by atoms with Crippen LogP contribution in [0.2, 0.25) is 10.0 Å². The Morgan fingerprint density at radius 1 is 1.36 bits per heavy atom. The largest absolute Gasteiger partial charge is 0.337 e. The summed E-state index contributed by atoms with van der Waals surface area (Å²) in [4.78, 5) is 6.91. The molecule has 1 aromatic heterocycles. The third kappa shape index (κ3) is 3.76. The Balaban J connectivity index is 0.00000176. The van der Waals surface area contributed by atoms with Gasteiger partial charge in [-0.05, 0) is 17.7 Å². The normalized spacial score (nSPS) is 19.0. The molecule has 0 radical (unpaired) electrons. The highest BCUT2D eigenvalue weighted by Gasteiger charge is 2.27. The molecule has 7 heteroatoms. The summed E-state index contributed by atoms with van der Waals surface area (Å²) < 4.78 is 2.08. The monoisotopic (exact) mass is 360 g/mol. The first kappa shape index (κ1) is 17.6. The molecule has 0 bridgehead atoms. The minimum atomic E-state index is 0. The van der Waals surface area contributed by atoms with Crippen LogP contribution < -0.4 is 5.32 Å². The topological polar surface area (TPSA) is 33.1 Å². The second-order valence-electron chi connectivity index (χ2n) is 5.32. The molecule has 1 fully saturated rings. The van der Waals surface area contributed by atoms with Crippen LogP contribution in [0.25, 0.3) is 0 Å². The highest BCUT2D eigenvalue weighted by Crippen LogP contribution is 2.27. The second kappa shape index (κ2) is 7.66. The number of aromatic nitrogens is 2. The SMILES string of the molecule is Cl.Cn1ccnc1C1CNCCN1Cc1ccc(Cl)cc1Cl. The van der Waals surface area contributed by atoms with Crippen molar-refractivity contribution in [2.45, 2.75) is 12.6 Å². The van der Waals surface area contributed by atoms with Crippen LogP contribution in [0.4, 0.5) is 0 Å². The molecule has 2 aromatic rings. The number of imidazole rings is 1. The zero-order chi connectivity index (χ0) is 14.8. The van der Waals surface area contributed by atoms with E-state index in [1.54, 1.807) is 6.07 Å². The van der Waals surface area contributed by atoms with Crippen LogP contribution >= 0.6 is 35.6 Å². The molecule has 2 heterocycles. The number of hydrogen-bond acceptors (Lipinski definition) is 3. The number of nitrogens with zero attached hydrogens (tertiary/aromatic N) is 3. The summed E-state index contributed by atoms with van der Waals surface area (Å²) >= 11 is 12.3. The summed E-state index contributed by atoms with van der Waals surface area (Å²) in [6.45, 7) is 3.65. The summed E-state index contributed by atoms with van der Waals surface area (Å²) in [6.07, 6.45) is 3.83. The summed E-state index contributed by atoms with van der Waals surface area (Å²) in [5.74, 6) is 1.08. The molecule has 1 aromatic carbocycles. The van der Waals surface area contributed by atoms with Crippen molar-refractivity contribution in [2.75, 3.05) is 19.6 Å². The van der Waals surface area contributed by atoms with E-state index in [1.807, 2.05) is 31.6 Å². The molecule has 120 valence electrons. The molecule has 22 heavy (non-hydrogen) atoms. The molecule has 1 saturated heterocycles. The minimum absolute atomic E-state index is 0. The Morgan fingerprint density at radius 3 is 2.86 bits per heavy atom. The summed E-state index contributed by atoms with van der Waals surface area (Å²) in [5, 5.41) is 4.83. The zero-order valence-electron chi connectivity index (χ0n) is 12.3. The second-order valence-corrected chi connectivity index (χ2v) is 6.17. The van der Waals surface area contributed by atoms with Gasteiger partial charge in [0.1, 0.15) is 5.82 Å². The number of benzene rings is 1. The first-order chi connectivity index (χ1) is 10.1. The smallest absolute Gasteiger partial charge is 0.127 e. The Hall–Kier alpha value is -0.780. The van der Waals surface area contributed by atoms with Gasteiger partial charge in [0.25, 0.3) is 0 Å². The average molecular weight is 362 g/mol. The maximum absolute atomic E-state index is 6.31. The third-order valence-electron chi connectivity index (χ3n) is 3.90. The fourth-order valence-corrected chi connectivity index (χ4v) is 3.23. The number of rotatable bonds is 3. The van der Waals surface area contributed by atoms with Crippen molar-refractivity contribution in [3.8, 4) is 0 Å². The fraction of sp³-hybridized carbons (Fsp3) is 0.400. The molecule has 3 rings (SSSR count). The van der Waals surface area contributed by atoms with Crippen molar-refractivity contribution >= 4 is 35.6 Å². The van der Waals surface area contributed by atoms with Crippen molar-refractivity contribution in [1.29, 1.82) is 0 Å². The molecule has 1 unspecified atom stereocenters. The van der Waals surface area contributed by atoms with Gasteiger partial charge >= 0.3 is 0 Å². The Kier molecular flexibility index (Phi) is 6.12. The van der Waals surface area contributed by atoms with E-state index in [-0.39, 0.29) is 18.4 Å². The van der Waals surface area contributed by atoms with Gasteiger partial charge in [-0.2, -0.15) is 0 Å². The number of aryl methyl sites for hydroxylation is 1. The lowest BCUT2D eigenvalue weighted by atomic mass is 10.1. The van der Waals surface area contributed by atoms with Crippen molar-refractivity contribution < 1.29 is 0 Å². The van der Waals surface area contributed by atoms with Crippen LogP contribution in [0.3, 0.4) is 0 Å². The number of halogens is 3. The molecule has 0 saturated carbocycles. The van der Waals surface area contributed by atoms with Gasteiger partial charge < -0.3 is 9.88 Å². The van der Waals surface area contributed by atoms with E-state index in [1.165, 1.54) is 0 Å². The van der Waals surface area contributed by atoms with E-state index < -0.39 is 0 Å². The average Bonchev–Trinajstić information content (AvgIpc) is 2.89. The van der Waals surface area contributed by atoms with Gasteiger partial charge in [0.15, 0.2) is 0 Å². The summed E-state index contributed by atoms with van der Waals surface area (Å²) in [5.41, 5.74) is 1.10. The lowest BCUT2D eigenvalue weighted by Crippen LogP contribution is -2.46. The lowest BCUT2D eigenvalue weighted by molar-refractivity contribution is 0.145. The van der Waals surface area contributed by atoms with E-state index in [4.69, 9.17) is 23.2 Å². The molecule has 1 aliphatic rings. The van der Waals surface area contributed by atoms with E-state index >= 15 is 0 Å². The van der Waals surface area contributed by atoms with Crippen molar-refractivity contribution in [3.05, 3.63) is 52.0 Å². The molecule has 0 amide bonds. The van der Waals surface area contributed by atoms with Crippen LogP contribution in [0.5, 0.6) is 0 Å². The molecule has 1 aliphatic heterocycles. The van der Waals surface area contributed by atoms with E-state index in [0.29, 0.717) is 5.02 Å². The van der Waals surface area contributed by atoms with Crippen molar-refractivity contribution in [1.82, 2.24) is 19.8 Å². The van der Waals surface area contributed by atoms with Gasteiger partial charge in [0, 0.05) is 55.7 Å². The van der Waals surface area contributed by atoms with Crippen LogP contribution in [-0.4, -0.2) is 34.1 Å². The molecule has 0 spiro atoms. The Labute approximate surface area is 146 Å². The first-order valence-corrected chi connectivity index (χ1v) is 7.76. The number of piperazine rings is 1. The fourth-order valence-electron chi connectivity index (χ4n) is 2.76. The standard InChI is InChI=1S/C15H18Cl2N4.ClH/c1-20-6-5-19-15(20)14-9-18-4-7-21(14)10-11-2-3-12(16)8-13(11)17;/h2-3,5-6,8,14,18H,4,7,9-10H2,1H3;1H. The van der Waals surface area contributed by atoms with Crippen LogP contribution in [0.1, 0.15) is 17.4 Å². The molecule has 0 aliphatic carbocycles. The van der Waals surface area contributed by atoms with Gasteiger partial charge in [-0.25, -0.2) is 4.98 Å². The maximum Gasteiger partial charge on any atom is 0.127 e. The third-order valence-corrected chi connectivity index (χ3v) is 4.49. The van der Waals surface area contributed by atoms with Gasteiger partial charge in [-0.15, -0.1) is 12.4 Å².